The van der Waals surface area contributed by atoms with E-state index in [0.29, 0.717) is 12.0 Å². The molecule has 7 heteroatoms. The van der Waals surface area contributed by atoms with Gasteiger partial charge < -0.3 is 21.4 Å². The number of pyridine rings is 1. The Kier molecular flexibility index (Phi) is 6.17. The Bertz CT molecular complexity index is 1220. The highest BCUT2D eigenvalue weighted by Gasteiger charge is 2.27. The summed E-state index contributed by atoms with van der Waals surface area (Å²) >= 11 is 0. The van der Waals surface area contributed by atoms with Crippen LogP contribution in [0, 0.1) is 0 Å². The first-order valence-electron chi connectivity index (χ1n) is 10.5. The number of para-hydroxylation sites is 1. The van der Waals surface area contributed by atoms with Crippen molar-refractivity contribution in [3.05, 3.63) is 84.7 Å². The van der Waals surface area contributed by atoms with Gasteiger partial charge in [-0.25, -0.2) is 0 Å². The second kappa shape index (κ2) is 9.34. The van der Waals surface area contributed by atoms with Gasteiger partial charge in [-0.05, 0) is 55.0 Å². The monoisotopic (exact) mass is 427 g/mol. The van der Waals surface area contributed by atoms with E-state index in [0.717, 1.165) is 27.8 Å². The summed E-state index contributed by atoms with van der Waals surface area (Å²) in [6.07, 6.45) is 4.07. The predicted octanol–water partition coefficient (Wildman–Crippen LogP) is 3.70. The maximum atomic E-state index is 13.0. The van der Waals surface area contributed by atoms with Crippen molar-refractivity contribution in [2.45, 2.75) is 25.4 Å². The molecule has 162 valence electrons. The number of hydrogen-bond donors (Lipinski definition) is 4. The highest BCUT2D eigenvalue weighted by Crippen LogP contribution is 2.24. The molecule has 2 heterocycles. The number of fused-ring (bicyclic) bond motifs is 1. The molecule has 2 atom stereocenters. The molecule has 5 N–H and O–H groups in total. The van der Waals surface area contributed by atoms with Gasteiger partial charge in [0.2, 0.25) is 5.91 Å². The predicted molar refractivity (Wildman–Crippen MR) is 126 cm³/mol. The summed E-state index contributed by atoms with van der Waals surface area (Å²) < 4.78 is 0. The third kappa shape index (κ3) is 4.62. The maximum Gasteiger partial charge on any atom is 0.252 e. The Hall–Kier alpha value is -4.13. The normalized spacial score (nSPS) is 12.8. The number of carbonyl (C=O) groups excluding carboxylic acids is 2. The molecule has 0 fully saturated rings. The summed E-state index contributed by atoms with van der Waals surface area (Å²) in [4.78, 5) is 32.6. The molecule has 0 spiro atoms. The lowest BCUT2D eigenvalue weighted by Gasteiger charge is -2.26. The smallest absolute Gasteiger partial charge is 0.252 e. The maximum absolute atomic E-state index is 13.0. The zero-order valence-corrected chi connectivity index (χ0v) is 17.7. The second-order valence-corrected chi connectivity index (χ2v) is 7.60. The van der Waals surface area contributed by atoms with Crippen molar-refractivity contribution in [2.75, 3.05) is 5.32 Å². The Morgan fingerprint density at radius 1 is 1.03 bits per heavy atom. The van der Waals surface area contributed by atoms with Crippen LogP contribution in [-0.4, -0.2) is 33.9 Å². The molecular formula is C25H25N5O2. The van der Waals surface area contributed by atoms with Crippen LogP contribution in [0.3, 0.4) is 0 Å². The fraction of sp³-hybridized carbons (Fsp3) is 0.160. The van der Waals surface area contributed by atoms with Gasteiger partial charge in [0, 0.05) is 45.8 Å². The van der Waals surface area contributed by atoms with Crippen molar-refractivity contribution in [3.8, 4) is 11.3 Å². The number of carbonyl (C=O) groups is 2. The van der Waals surface area contributed by atoms with Gasteiger partial charge in [-0.15, -0.1) is 0 Å². The standard InChI is InChI=1S/C25H25N5O2/c1-2-20(28-19-6-4-3-5-7-19)23(24(26)31)30-25(32)17-8-9-21-18(14-17)15-22(29-21)16-10-12-27-13-11-16/h3-15,20,23,28-29H,2H2,1H3,(H2,26,31)(H,30,32). The molecule has 0 aliphatic carbocycles. The first-order chi connectivity index (χ1) is 15.5. The molecule has 0 bridgehead atoms. The Labute approximate surface area is 186 Å². The fourth-order valence-corrected chi connectivity index (χ4v) is 3.72. The summed E-state index contributed by atoms with van der Waals surface area (Å²) in [6, 6.07) is 19.5. The van der Waals surface area contributed by atoms with Crippen molar-refractivity contribution < 1.29 is 9.59 Å². The number of primary amides is 1. The minimum atomic E-state index is -0.859. The van der Waals surface area contributed by atoms with Crippen LogP contribution in [0.5, 0.6) is 0 Å². The van der Waals surface area contributed by atoms with Crippen molar-refractivity contribution in [1.82, 2.24) is 15.3 Å². The number of amides is 2. The van der Waals surface area contributed by atoms with Gasteiger partial charge in [0.15, 0.2) is 0 Å². The Balaban J connectivity index is 1.54. The first kappa shape index (κ1) is 21.1. The molecule has 7 nitrogen and oxygen atoms in total. The number of rotatable bonds is 8. The van der Waals surface area contributed by atoms with Crippen LogP contribution >= 0.6 is 0 Å². The van der Waals surface area contributed by atoms with E-state index in [1.54, 1.807) is 24.5 Å². The summed E-state index contributed by atoms with van der Waals surface area (Å²) in [6.45, 7) is 1.94. The third-order valence-electron chi connectivity index (χ3n) is 5.44. The van der Waals surface area contributed by atoms with E-state index in [2.05, 4.69) is 20.6 Å². The van der Waals surface area contributed by atoms with Crippen LogP contribution in [0.4, 0.5) is 5.69 Å². The molecule has 0 aliphatic heterocycles. The van der Waals surface area contributed by atoms with Gasteiger partial charge in [-0.2, -0.15) is 0 Å². The number of nitrogens with zero attached hydrogens (tertiary/aromatic N) is 1. The van der Waals surface area contributed by atoms with E-state index in [1.807, 2.05) is 61.5 Å². The van der Waals surface area contributed by atoms with E-state index in [4.69, 9.17) is 5.73 Å². The largest absolute Gasteiger partial charge is 0.380 e. The lowest BCUT2D eigenvalue weighted by molar-refractivity contribution is -0.120. The highest BCUT2D eigenvalue weighted by atomic mass is 16.2. The summed E-state index contributed by atoms with van der Waals surface area (Å²) in [5.74, 6) is -0.938. The van der Waals surface area contributed by atoms with Gasteiger partial charge >= 0.3 is 0 Å². The summed E-state index contributed by atoms with van der Waals surface area (Å²) in [5.41, 5.74) is 9.82. The summed E-state index contributed by atoms with van der Waals surface area (Å²) in [5, 5.41) is 7.00. The topological polar surface area (TPSA) is 113 Å². The fourth-order valence-electron chi connectivity index (χ4n) is 3.72. The molecule has 2 unspecified atom stereocenters. The van der Waals surface area contributed by atoms with Crippen molar-refractivity contribution >= 4 is 28.4 Å². The lowest BCUT2D eigenvalue weighted by Crippen LogP contribution is -2.54. The average molecular weight is 428 g/mol. The number of hydrogen-bond acceptors (Lipinski definition) is 4. The molecule has 0 radical (unpaired) electrons. The zero-order chi connectivity index (χ0) is 22.5. The van der Waals surface area contributed by atoms with Crippen molar-refractivity contribution in [2.24, 2.45) is 5.73 Å². The molecule has 4 aromatic rings. The van der Waals surface area contributed by atoms with E-state index in [-0.39, 0.29) is 11.9 Å². The van der Waals surface area contributed by atoms with E-state index in [1.165, 1.54) is 0 Å². The van der Waals surface area contributed by atoms with Crippen LogP contribution in [0.15, 0.2) is 79.1 Å². The van der Waals surface area contributed by atoms with Crippen LogP contribution < -0.4 is 16.4 Å². The number of nitrogens with one attached hydrogen (secondary N) is 3. The molecule has 0 saturated carbocycles. The Morgan fingerprint density at radius 3 is 2.47 bits per heavy atom. The number of aromatic nitrogens is 2. The molecule has 4 rings (SSSR count). The third-order valence-corrected chi connectivity index (χ3v) is 5.44. The number of nitrogens with two attached hydrogens (primary N) is 1. The molecule has 0 saturated heterocycles. The van der Waals surface area contributed by atoms with Gasteiger partial charge in [-0.1, -0.05) is 25.1 Å². The molecule has 2 aromatic heterocycles. The zero-order valence-electron chi connectivity index (χ0n) is 17.7. The van der Waals surface area contributed by atoms with Gasteiger partial charge in [0.1, 0.15) is 6.04 Å². The number of benzene rings is 2. The van der Waals surface area contributed by atoms with Gasteiger partial charge in [0.05, 0.1) is 6.04 Å². The number of aromatic amines is 1. The average Bonchev–Trinajstić information content (AvgIpc) is 3.25. The molecule has 2 aromatic carbocycles. The molecule has 0 aliphatic rings. The van der Waals surface area contributed by atoms with Crippen LogP contribution in [0.25, 0.3) is 22.2 Å². The van der Waals surface area contributed by atoms with Crippen LogP contribution in [0.1, 0.15) is 23.7 Å². The van der Waals surface area contributed by atoms with E-state index < -0.39 is 11.9 Å². The van der Waals surface area contributed by atoms with Crippen molar-refractivity contribution in [3.63, 3.8) is 0 Å². The van der Waals surface area contributed by atoms with Gasteiger partial charge in [-0.3, -0.25) is 14.6 Å². The number of H-pyrrole nitrogens is 1. The Morgan fingerprint density at radius 2 is 1.78 bits per heavy atom. The minimum absolute atomic E-state index is 0.340. The SMILES string of the molecule is CCC(Nc1ccccc1)C(NC(=O)c1ccc2[nH]c(-c3ccncc3)cc2c1)C(N)=O. The number of anilines is 1. The molecular weight excluding hydrogens is 402 g/mol. The highest BCUT2D eigenvalue weighted by molar-refractivity contribution is 6.01. The first-order valence-corrected chi connectivity index (χ1v) is 10.5. The summed E-state index contributed by atoms with van der Waals surface area (Å²) in [7, 11) is 0. The van der Waals surface area contributed by atoms with Crippen LogP contribution in [0.2, 0.25) is 0 Å². The minimum Gasteiger partial charge on any atom is -0.380 e. The van der Waals surface area contributed by atoms with Crippen molar-refractivity contribution in [1.29, 1.82) is 0 Å². The quantitative estimate of drug-likeness (QED) is 0.343. The van der Waals surface area contributed by atoms with Crippen LogP contribution in [-0.2, 0) is 4.79 Å². The van der Waals surface area contributed by atoms with E-state index in [9.17, 15) is 9.59 Å². The van der Waals surface area contributed by atoms with E-state index >= 15 is 0 Å². The van der Waals surface area contributed by atoms with Gasteiger partial charge in [0.25, 0.3) is 5.91 Å². The lowest BCUT2D eigenvalue weighted by atomic mass is 10.0. The molecule has 2 amide bonds. The molecule has 32 heavy (non-hydrogen) atoms. The second-order valence-electron chi connectivity index (χ2n) is 7.60.